The molecule has 0 spiro atoms. The lowest BCUT2D eigenvalue weighted by atomic mass is 9.99. The Kier molecular flexibility index (Phi) is 6.58. The SMILES string of the molecule is CCc1ccc(S(=O)(=O)c2cnc3ccc(F)cc3c2N2CCC(N3CCCCC3)CC2)cc1. The van der Waals surface area contributed by atoms with Gasteiger partial charge in [0.05, 0.1) is 16.1 Å². The third-order valence-electron chi connectivity index (χ3n) is 7.39. The minimum atomic E-state index is -3.82. The van der Waals surface area contributed by atoms with Crippen LogP contribution in [0.4, 0.5) is 10.1 Å². The Hall–Kier alpha value is -2.51. The fraction of sp³-hybridized carbons (Fsp3) is 0.444. The summed E-state index contributed by atoms with van der Waals surface area (Å²) in [6.45, 7) is 5.84. The third kappa shape index (κ3) is 4.43. The molecular formula is C27H32FN3O2S. The standard InChI is InChI=1S/C27H32FN3O2S/c1-2-20-6-9-23(10-7-20)34(32,33)26-19-29-25-11-8-21(28)18-24(25)27(26)31-16-12-22(13-17-31)30-14-4-3-5-15-30/h6-11,18-19,22H,2-5,12-17H2,1H3. The number of pyridine rings is 1. The molecule has 180 valence electrons. The molecule has 5 rings (SSSR count). The van der Waals surface area contributed by atoms with E-state index in [9.17, 15) is 12.8 Å². The largest absolute Gasteiger partial charge is 0.370 e. The summed E-state index contributed by atoms with van der Waals surface area (Å²) in [5.41, 5.74) is 2.27. The Morgan fingerprint density at radius 1 is 0.971 bits per heavy atom. The molecule has 2 saturated heterocycles. The second kappa shape index (κ2) is 9.62. The number of nitrogens with zero attached hydrogens (tertiary/aromatic N) is 3. The highest BCUT2D eigenvalue weighted by molar-refractivity contribution is 7.91. The van der Waals surface area contributed by atoms with E-state index in [-0.39, 0.29) is 15.6 Å². The molecular weight excluding hydrogens is 449 g/mol. The molecule has 3 heterocycles. The predicted molar refractivity (Wildman–Crippen MR) is 134 cm³/mol. The van der Waals surface area contributed by atoms with Crippen molar-refractivity contribution < 1.29 is 12.8 Å². The van der Waals surface area contributed by atoms with Gasteiger partial charge in [0.15, 0.2) is 0 Å². The molecule has 0 saturated carbocycles. The summed E-state index contributed by atoms with van der Waals surface area (Å²) in [6, 6.07) is 12.0. The zero-order valence-corrected chi connectivity index (χ0v) is 20.5. The van der Waals surface area contributed by atoms with Crippen molar-refractivity contribution in [2.45, 2.75) is 61.3 Å². The van der Waals surface area contributed by atoms with Crippen molar-refractivity contribution in [3.05, 3.63) is 60.0 Å². The Morgan fingerprint density at radius 2 is 1.68 bits per heavy atom. The zero-order chi connectivity index (χ0) is 23.7. The van der Waals surface area contributed by atoms with Crippen LogP contribution in [-0.2, 0) is 16.3 Å². The molecule has 5 nitrogen and oxygen atoms in total. The van der Waals surface area contributed by atoms with E-state index in [0.717, 1.165) is 51.0 Å². The van der Waals surface area contributed by atoms with Gasteiger partial charge in [-0.2, -0.15) is 0 Å². The quantitative estimate of drug-likeness (QED) is 0.500. The number of rotatable bonds is 5. The monoisotopic (exact) mass is 481 g/mol. The van der Waals surface area contributed by atoms with Gasteiger partial charge in [0.25, 0.3) is 0 Å². The number of benzene rings is 2. The number of likely N-dealkylation sites (tertiary alicyclic amines) is 1. The van der Waals surface area contributed by atoms with Crippen molar-refractivity contribution in [1.82, 2.24) is 9.88 Å². The molecule has 2 fully saturated rings. The lowest BCUT2D eigenvalue weighted by molar-refractivity contribution is 0.141. The van der Waals surface area contributed by atoms with Gasteiger partial charge in [-0.1, -0.05) is 25.5 Å². The minimum Gasteiger partial charge on any atom is -0.370 e. The maximum absolute atomic E-state index is 14.3. The van der Waals surface area contributed by atoms with Crippen molar-refractivity contribution in [3.63, 3.8) is 0 Å². The van der Waals surface area contributed by atoms with Crippen LogP contribution in [0.3, 0.4) is 0 Å². The maximum Gasteiger partial charge on any atom is 0.210 e. The summed E-state index contributed by atoms with van der Waals surface area (Å²) >= 11 is 0. The average molecular weight is 482 g/mol. The molecule has 0 amide bonds. The summed E-state index contributed by atoms with van der Waals surface area (Å²) in [6.07, 6.45) is 8.07. The number of hydrogen-bond acceptors (Lipinski definition) is 5. The van der Waals surface area contributed by atoms with Gasteiger partial charge in [-0.05, 0) is 81.1 Å². The highest BCUT2D eigenvalue weighted by Crippen LogP contribution is 2.38. The number of halogens is 1. The van der Waals surface area contributed by atoms with E-state index < -0.39 is 9.84 Å². The van der Waals surface area contributed by atoms with Gasteiger partial charge in [0, 0.05) is 30.7 Å². The van der Waals surface area contributed by atoms with Crippen molar-refractivity contribution in [1.29, 1.82) is 0 Å². The zero-order valence-electron chi connectivity index (χ0n) is 19.7. The van der Waals surface area contributed by atoms with Crippen molar-refractivity contribution in [2.75, 3.05) is 31.1 Å². The molecule has 0 bridgehead atoms. The van der Waals surface area contributed by atoms with Gasteiger partial charge < -0.3 is 9.80 Å². The Bertz CT molecular complexity index is 1260. The summed E-state index contributed by atoms with van der Waals surface area (Å²) in [5, 5.41) is 0.558. The smallest absolute Gasteiger partial charge is 0.210 e. The van der Waals surface area contributed by atoms with E-state index >= 15 is 0 Å². The molecule has 1 aromatic heterocycles. The van der Waals surface area contributed by atoms with E-state index in [1.165, 1.54) is 37.6 Å². The molecule has 0 radical (unpaired) electrons. The molecule has 0 atom stereocenters. The summed E-state index contributed by atoms with van der Waals surface area (Å²) in [4.78, 5) is 9.54. The molecule has 2 aromatic carbocycles. The van der Waals surface area contributed by atoms with Crippen LogP contribution in [0.1, 0.15) is 44.6 Å². The van der Waals surface area contributed by atoms with E-state index in [4.69, 9.17) is 0 Å². The molecule has 3 aromatic rings. The van der Waals surface area contributed by atoms with E-state index in [2.05, 4.69) is 14.8 Å². The van der Waals surface area contributed by atoms with Crippen molar-refractivity contribution in [2.24, 2.45) is 0 Å². The molecule has 2 aliphatic rings. The lowest BCUT2D eigenvalue weighted by Gasteiger charge is -2.41. The normalized spacial score (nSPS) is 18.5. The fourth-order valence-electron chi connectivity index (χ4n) is 5.42. The number of aromatic nitrogens is 1. The summed E-state index contributed by atoms with van der Waals surface area (Å²) in [5.74, 6) is -0.388. The minimum absolute atomic E-state index is 0.159. The molecule has 34 heavy (non-hydrogen) atoms. The number of anilines is 1. The topological polar surface area (TPSA) is 53.5 Å². The maximum atomic E-state index is 14.3. The summed E-state index contributed by atoms with van der Waals surface area (Å²) in [7, 11) is -3.82. The van der Waals surface area contributed by atoms with E-state index in [0.29, 0.717) is 22.6 Å². The molecule has 2 aliphatic heterocycles. The summed E-state index contributed by atoms with van der Waals surface area (Å²) < 4.78 is 41.9. The average Bonchev–Trinajstić information content (AvgIpc) is 2.88. The van der Waals surface area contributed by atoms with Gasteiger partial charge in [-0.3, -0.25) is 4.98 Å². The van der Waals surface area contributed by atoms with E-state index in [1.54, 1.807) is 18.2 Å². The van der Waals surface area contributed by atoms with Gasteiger partial charge in [-0.25, -0.2) is 12.8 Å². The molecule has 7 heteroatoms. The van der Waals surface area contributed by atoms with Crippen LogP contribution in [0.25, 0.3) is 10.9 Å². The second-order valence-electron chi connectivity index (χ2n) is 9.45. The fourth-order valence-corrected chi connectivity index (χ4v) is 6.86. The van der Waals surface area contributed by atoms with Gasteiger partial charge in [-0.15, -0.1) is 0 Å². The number of piperidine rings is 2. The van der Waals surface area contributed by atoms with Crippen molar-refractivity contribution >= 4 is 26.4 Å². The third-order valence-corrected chi connectivity index (χ3v) is 9.16. The first-order chi connectivity index (χ1) is 16.5. The first-order valence-electron chi connectivity index (χ1n) is 12.4. The van der Waals surface area contributed by atoms with Crippen LogP contribution in [0.15, 0.2) is 58.5 Å². The molecule has 0 N–H and O–H groups in total. The van der Waals surface area contributed by atoms with Gasteiger partial charge in [0.1, 0.15) is 10.7 Å². The lowest BCUT2D eigenvalue weighted by Crippen LogP contribution is -2.47. The van der Waals surface area contributed by atoms with Crippen LogP contribution in [0, 0.1) is 5.82 Å². The van der Waals surface area contributed by atoms with E-state index in [1.807, 2.05) is 19.1 Å². The number of sulfone groups is 1. The number of aryl methyl sites for hydroxylation is 1. The highest BCUT2D eigenvalue weighted by Gasteiger charge is 2.31. The Morgan fingerprint density at radius 3 is 2.35 bits per heavy atom. The van der Waals surface area contributed by atoms with Crippen LogP contribution in [0.2, 0.25) is 0 Å². The predicted octanol–water partition coefficient (Wildman–Crippen LogP) is 5.22. The van der Waals surface area contributed by atoms with Crippen LogP contribution in [-0.4, -0.2) is 50.5 Å². The second-order valence-corrected chi connectivity index (χ2v) is 11.4. The van der Waals surface area contributed by atoms with Gasteiger partial charge in [0.2, 0.25) is 9.84 Å². The molecule has 0 aliphatic carbocycles. The number of hydrogen-bond donors (Lipinski definition) is 0. The Balaban J connectivity index is 1.54. The Labute approximate surface area is 201 Å². The first kappa shape index (κ1) is 23.2. The van der Waals surface area contributed by atoms with Crippen LogP contribution >= 0.6 is 0 Å². The van der Waals surface area contributed by atoms with Gasteiger partial charge >= 0.3 is 0 Å². The first-order valence-corrected chi connectivity index (χ1v) is 13.9. The van der Waals surface area contributed by atoms with Crippen LogP contribution in [0.5, 0.6) is 0 Å². The van der Waals surface area contributed by atoms with Crippen LogP contribution < -0.4 is 4.90 Å². The molecule has 0 unspecified atom stereocenters. The van der Waals surface area contributed by atoms with Crippen molar-refractivity contribution in [3.8, 4) is 0 Å². The highest BCUT2D eigenvalue weighted by atomic mass is 32.2. The number of fused-ring (bicyclic) bond motifs is 1.